The summed E-state index contributed by atoms with van der Waals surface area (Å²) in [6.07, 6.45) is 2.52. The molecule has 0 radical (unpaired) electrons. The fraction of sp³-hybridized carbons (Fsp3) is 1.00. The minimum absolute atomic E-state index is 0.207. The fourth-order valence-corrected chi connectivity index (χ4v) is 0.715. The Labute approximate surface area is 63.4 Å². The molecule has 2 heteroatoms. The molecule has 0 saturated heterocycles. The summed E-state index contributed by atoms with van der Waals surface area (Å²) in [5, 5.41) is 9.52. The van der Waals surface area contributed by atoms with Crippen LogP contribution in [0.15, 0.2) is 0 Å². The highest BCUT2D eigenvalue weighted by atomic mass is 16.3. The lowest BCUT2D eigenvalue weighted by Gasteiger charge is -2.21. The van der Waals surface area contributed by atoms with Crippen LogP contribution in [0.1, 0.15) is 40.0 Å². The first-order chi connectivity index (χ1) is 4.48. The van der Waals surface area contributed by atoms with Gasteiger partial charge in [-0.3, -0.25) is 0 Å². The van der Waals surface area contributed by atoms with Crippen LogP contribution in [0, 0.1) is 0 Å². The molecule has 0 saturated carbocycles. The van der Waals surface area contributed by atoms with Crippen molar-refractivity contribution in [2.45, 2.75) is 51.7 Å². The van der Waals surface area contributed by atoms with E-state index in [2.05, 4.69) is 0 Å². The number of hydrogen-bond acceptors (Lipinski definition) is 2. The van der Waals surface area contributed by atoms with E-state index in [0.717, 1.165) is 19.3 Å². The summed E-state index contributed by atoms with van der Waals surface area (Å²) < 4.78 is 0. The summed E-state index contributed by atoms with van der Waals surface area (Å²) in [5.74, 6) is 0. The monoisotopic (exact) mass is 145 g/mol. The van der Waals surface area contributed by atoms with Crippen molar-refractivity contribution < 1.29 is 5.11 Å². The Hall–Kier alpha value is -0.0800. The molecule has 0 fully saturated rings. The molecule has 62 valence electrons. The molecule has 2 nitrogen and oxygen atoms in total. The molecule has 0 spiro atoms. The van der Waals surface area contributed by atoms with Gasteiger partial charge in [-0.2, -0.15) is 0 Å². The van der Waals surface area contributed by atoms with E-state index in [1.807, 2.05) is 20.8 Å². The van der Waals surface area contributed by atoms with Gasteiger partial charge in [0.25, 0.3) is 0 Å². The third-order valence-corrected chi connectivity index (χ3v) is 1.90. The third kappa shape index (κ3) is 4.77. The molecule has 0 amide bonds. The molecular formula is C8H19NO. The molecule has 2 atom stereocenters. The Kier molecular flexibility index (Phi) is 3.91. The van der Waals surface area contributed by atoms with E-state index in [-0.39, 0.29) is 6.04 Å². The van der Waals surface area contributed by atoms with E-state index in [4.69, 9.17) is 5.73 Å². The third-order valence-electron chi connectivity index (χ3n) is 1.90. The van der Waals surface area contributed by atoms with Gasteiger partial charge >= 0.3 is 0 Å². The quantitative estimate of drug-likeness (QED) is 0.626. The average Bonchev–Trinajstić information content (AvgIpc) is 1.85. The standard InChI is InChI=1S/C8H19NO/c1-4-8(3,10)6-5-7(2)9/h7,10H,4-6,9H2,1-3H3. The highest BCUT2D eigenvalue weighted by Gasteiger charge is 2.16. The zero-order chi connectivity index (χ0) is 8.20. The molecule has 0 heterocycles. The van der Waals surface area contributed by atoms with Crippen molar-refractivity contribution in [2.24, 2.45) is 5.73 Å². The van der Waals surface area contributed by atoms with Crippen LogP contribution in [0.5, 0.6) is 0 Å². The van der Waals surface area contributed by atoms with Gasteiger partial charge in [-0.05, 0) is 33.1 Å². The van der Waals surface area contributed by atoms with E-state index in [1.54, 1.807) is 0 Å². The van der Waals surface area contributed by atoms with E-state index in [0.29, 0.717) is 0 Å². The first-order valence-corrected chi connectivity index (χ1v) is 3.96. The maximum Gasteiger partial charge on any atom is 0.0617 e. The zero-order valence-electron chi connectivity index (χ0n) is 7.22. The Morgan fingerprint density at radius 1 is 1.60 bits per heavy atom. The van der Waals surface area contributed by atoms with Crippen LogP contribution in [0.4, 0.5) is 0 Å². The van der Waals surface area contributed by atoms with Gasteiger partial charge in [0.2, 0.25) is 0 Å². The Balaban J connectivity index is 3.46. The van der Waals surface area contributed by atoms with Crippen molar-refractivity contribution in [1.82, 2.24) is 0 Å². The molecule has 0 bridgehead atoms. The Morgan fingerprint density at radius 2 is 2.10 bits per heavy atom. The lowest BCUT2D eigenvalue weighted by atomic mass is 9.95. The lowest BCUT2D eigenvalue weighted by molar-refractivity contribution is 0.0435. The van der Waals surface area contributed by atoms with Gasteiger partial charge in [0.05, 0.1) is 5.60 Å². The summed E-state index contributed by atoms with van der Waals surface area (Å²) in [5.41, 5.74) is 5.04. The van der Waals surface area contributed by atoms with Crippen LogP contribution in [0.3, 0.4) is 0 Å². The van der Waals surface area contributed by atoms with Gasteiger partial charge in [0.15, 0.2) is 0 Å². The van der Waals surface area contributed by atoms with E-state index < -0.39 is 5.60 Å². The van der Waals surface area contributed by atoms with Gasteiger partial charge < -0.3 is 10.8 Å². The summed E-state index contributed by atoms with van der Waals surface area (Å²) in [6.45, 7) is 5.81. The fourth-order valence-electron chi connectivity index (χ4n) is 0.715. The van der Waals surface area contributed by atoms with Crippen LogP contribution in [0.25, 0.3) is 0 Å². The van der Waals surface area contributed by atoms with Gasteiger partial charge in [-0.1, -0.05) is 6.92 Å². The molecule has 0 aromatic carbocycles. The average molecular weight is 145 g/mol. The molecule has 2 unspecified atom stereocenters. The Morgan fingerprint density at radius 3 is 2.40 bits per heavy atom. The van der Waals surface area contributed by atoms with Crippen molar-refractivity contribution in [3.05, 3.63) is 0 Å². The number of hydrogen-bond donors (Lipinski definition) is 2. The molecule has 0 aromatic heterocycles. The Bertz CT molecular complexity index is 89.3. The van der Waals surface area contributed by atoms with Gasteiger partial charge in [-0.15, -0.1) is 0 Å². The number of aliphatic hydroxyl groups is 1. The second-order valence-corrected chi connectivity index (χ2v) is 3.37. The summed E-state index contributed by atoms with van der Waals surface area (Å²) in [7, 11) is 0. The lowest BCUT2D eigenvalue weighted by Crippen LogP contribution is -2.26. The van der Waals surface area contributed by atoms with Crippen molar-refractivity contribution in [3.63, 3.8) is 0 Å². The minimum Gasteiger partial charge on any atom is -0.390 e. The molecule has 0 rings (SSSR count). The molecule has 10 heavy (non-hydrogen) atoms. The van der Waals surface area contributed by atoms with Crippen molar-refractivity contribution in [3.8, 4) is 0 Å². The van der Waals surface area contributed by atoms with Crippen LogP contribution in [-0.2, 0) is 0 Å². The summed E-state index contributed by atoms with van der Waals surface area (Å²) >= 11 is 0. The maximum atomic E-state index is 9.52. The van der Waals surface area contributed by atoms with Crippen molar-refractivity contribution in [2.75, 3.05) is 0 Å². The van der Waals surface area contributed by atoms with Crippen LogP contribution in [-0.4, -0.2) is 16.7 Å². The van der Waals surface area contributed by atoms with Gasteiger partial charge in [0, 0.05) is 6.04 Å². The van der Waals surface area contributed by atoms with E-state index in [1.165, 1.54) is 0 Å². The first kappa shape index (κ1) is 9.92. The molecule has 0 aliphatic rings. The van der Waals surface area contributed by atoms with E-state index >= 15 is 0 Å². The molecule has 0 aliphatic heterocycles. The zero-order valence-corrected chi connectivity index (χ0v) is 7.22. The minimum atomic E-state index is -0.506. The normalized spacial score (nSPS) is 20.1. The molecule has 0 aromatic rings. The number of rotatable bonds is 4. The molecule has 3 N–H and O–H groups in total. The SMILES string of the molecule is CCC(C)(O)CCC(C)N. The van der Waals surface area contributed by atoms with Crippen LogP contribution < -0.4 is 5.73 Å². The van der Waals surface area contributed by atoms with Crippen molar-refractivity contribution >= 4 is 0 Å². The van der Waals surface area contributed by atoms with Crippen LogP contribution >= 0.6 is 0 Å². The maximum absolute atomic E-state index is 9.52. The van der Waals surface area contributed by atoms with E-state index in [9.17, 15) is 5.11 Å². The molecular weight excluding hydrogens is 126 g/mol. The number of nitrogens with two attached hydrogens (primary N) is 1. The summed E-state index contributed by atoms with van der Waals surface area (Å²) in [6, 6.07) is 0.207. The second-order valence-electron chi connectivity index (χ2n) is 3.37. The van der Waals surface area contributed by atoms with Crippen LogP contribution in [0.2, 0.25) is 0 Å². The highest BCUT2D eigenvalue weighted by molar-refractivity contribution is 4.71. The van der Waals surface area contributed by atoms with Gasteiger partial charge in [0.1, 0.15) is 0 Å². The van der Waals surface area contributed by atoms with Gasteiger partial charge in [-0.25, -0.2) is 0 Å². The topological polar surface area (TPSA) is 46.2 Å². The molecule has 0 aliphatic carbocycles. The predicted octanol–water partition coefficient (Wildman–Crippen LogP) is 1.27. The smallest absolute Gasteiger partial charge is 0.0617 e. The highest BCUT2D eigenvalue weighted by Crippen LogP contribution is 2.16. The first-order valence-electron chi connectivity index (χ1n) is 3.96. The second kappa shape index (κ2) is 3.94. The van der Waals surface area contributed by atoms with Crippen molar-refractivity contribution in [1.29, 1.82) is 0 Å². The predicted molar refractivity (Wildman–Crippen MR) is 43.8 cm³/mol. The summed E-state index contributed by atoms with van der Waals surface area (Å²) in [4.78, 5) is 0. The largest absolute Gasteiger partial charge is 0.390 e.